The number of nitrogens with zero attached hydrogens (tertiary/aromatic N) is 9. The molecule has 176 valence electrons. The van der Waals surface area contributed by atoms with Crippen molar-refractivity contribution in [3.63, 3.8) is 0 Å². The summed E-state index contributed by atoms with van der Waals surface area (Å²) in [6, 6.07) is 3.24. The molecule has 1 fully saturated rings. The lowest BCUT2D eigenvalue weighted by molar-refractivity contribution is 0.245. The predicted molar refractivity (Wildman–Crippen MR) is 122 cm³/mol. The number of halogens is 1. The van der Waals surface area contributed by atoms with Gasteiger partial charge >= 0.3 is 0 Å². The van der Waals surface area contributed by atoms with Gasteiger partial charge in [0.1, 0.15) is 12.4 Å². The minimum Gasteiger partial charge on any atom is -0.388 e. The molecule has 6 rings (SSSR count). The lowest BCUT2D eigenvalue weighted by Gasteiger charge is -2.36. The Morgan fingerprint density at radius 3 is 2.71 bits per heavy atom. The molecule has 0 aliphatic carbocycles. The standard InChI is InChI=1S/C21H23FN10O2/c1-12-13-8-16(15(22)9-17(13)34-28-12)30-5-2-29(3-6-30)4-7-31-19-14(10-24-31)20-25-18(11-33)27-32(20)21(23)26-19/h8-10,33H,2-7,11H2,1H3,(H2,23,26). The summed E-state index contributed by atoms with van der Waals surface area (Å²) in [5.74, 6) is 0.168. The van der Waals surface area contributed by atoms with Gasteiger partial charge in [0, 0.05) is 44.2 Å². The van der Waals surface area contributed by atoms with Crippen LogP contribution in [0.3, 0.4) is 0 Å². The fourth-order valence-electron chi connectivity index (χ4n) is 4.49. The lowest BCUT2D eigenvalue weighted by atomic mass is 10.1. The van der Waals surface area contributed by atoms with E-state index in [0.29, 0.717) is 42.2 Å². The molecule has 4 aromatic heterocycles. The van der Waals surface area contributed by atoms with Gasteiger partial charge in [0.25, 0.3) is 0 Å². The number of nitrogen functional groups attached to an aromatic ring is 1. The SMILES string of the molecule is Cc1noc2cc(F)c(N3CCN(CCn4ncc5c4nc(N)n4nc(CO)nc54)CC3)cc12. The number of piperazine rings is 1. The Labute approximate surface area is 192 Å². The first-order valence-corrected chi connectivity index (χ1v) is 11.0. The highest BCUT2D eigenvalue weighted by atomic mass is 19.1. The molecule has 0 saturated carbocycles. The second-order valence-electron chi connectivity index (χ2n) is 8.39. The van der Waals surface area contributed by atoms with Crippen molar-refractivity contribution in [3.05, 3.63) is 35.7 Å². The first-order valence-electron chi connectivity index (χ1n) is 11.0. The maximum Gasteiger partial charge on any atom is 0.225 e. The Morgan fingerprint density at radius 2 is 1.91 bits per heavy atom. The van der Waals surface area contributed by atoms with Crippen molar-refractivity contribution in [2.75, 3.05) is 43.4 Å². The lowest BCUT2D eigenvalue weighted by Crippen LogP contribution is -2.47. The van der Waals surface area contributed by atoms with Gasteiger partial charge in [0.05, 0.1) is 29.5 Å². The quantitative estimate of drug-likeness (QED) is 0.385. The van der Waals surface area contributed by atoms with Crippen LogP contribution in [0.25, 0.3) is 27.6 Å². The molecule has 34 heavy (non-hydrogen) atoms. The molecule has 12 nitrogen and oxygen atoms in total. The summed E-state index contributed by atoms with van der Waals surface area (Å²) in [7, 11) is 0. The molecule has 5 aromatic rings. The van der Waals surface area contributed by atoms with Crippen molar-refractivity contribution in [2.45, 2.75) is 20.1 Å². The van der Waals surface area contributed by atoms with Crippen LogP contribution in [-0.4, -0.2) is 77.2 Å². The topological polar surface area (TPSA) is 140 Å². The highest BCUT2D eigenvalue weighted by Gasteiger charge is 2.22. The van der Waals surface area contributed by atoms with Crippen LogP contribution in [0.5, 0.6) is 0 Å². The molecule has 13 heteroatoms. The van der Waals surface area contributed by atoms with E-state index in [-0.39, 0.29) is 24.2 Å². The number of rotatable bonds is 5. The molecular formula is C21H23FN10O2. The molecule has 1 aliphatic rings. The smallest absolute Gasteiger partial charge is 0.225 e. The molecule has 0 radical (unpaired) electrons. The summed E-state index contributed by atoms with van der Waals surface area (Å²) in [5, 5.41) is 23.4. The molecule has 0 spiro atoms. The van der Waals surface area contributed by atoms with Crippen LogP contribution >= 0.6 is 0 Å². The number of aliphatic hydroxyl groups is 1. The third-order valence-corrected chi connectivity index (χ3v) is 6.34. The normalized spacial score (nSPS) is 15.3. The Balaban J connectivity index is 1.15. The van der Waals surface area contributed by atoms with Gasteiger partial charge in [-0.15, -0.1) is 5.10 Å². The Bertz CT molecular complexity index is 1510. The zero-order valence-electron chi connectivity index (χ0n) is 18.5. The van der Waals surface area contributed by atoms with Gasteiger partial charge in [-0.25, -0.2) is 14.1 Å². The number of fused-ring (bicyclic) bond motifs is 4. The monoisotopic (exact) mass is 466 g/mol. The van der Waals surface area contributed by atoms with Crippen LogP contribution in [-0.2, 0) is 13.2 Å². The Morgan fingerprint density at radius 1 is 1.09 bits per heavy atom. The van der Waals surface area contributed by atoms with Gasteiger partial charge in [0.2, 0.25) is 5.95 Å². The van der Waals surface area contributed by atoms with Crippen LogP contribution in [0, 0.1) is 12.7 Å². The average molecular weight is 466 g/mol. The first kappa shape index (κ1) is 20.7. The van der Waals surface area contributed by atoms with E-state index in [1.807, 2.05) is 13.0 Å². The molecule has 0 unspecified atom stereocenters. The molecule has 1 aliphatic heterocycles. The summed E-state index contributed by atoms with van der Waals surface area (Å²) < 4.78 is 23.0. The maximum absolute atomic E-state index is 14.7. The highest BCUT2D eigenvalue weighted by molar-refractivity contribution is 5.89. The van der Waals surface area contributed by atoms with E-state index in [2.05, 4.69) is 35.1 Å². The van der Waals surface area contributed by atoms with Crippen molar-refractivity contribution in [2.24, 2.45) is 0 Å². The van der Waals surface area contributed by atoms with Crippen molar-refractivity contribution in [1.29, 1.82) is 0 Å². The Hall–Kier alpha value is -3.84. The molecule has 0 atom stereocenters. The van der Waals surface area contributed by atoms with Crippen molar-refractivity contribution in [3.8, 4) is 0 Å². The Kier molecular flexibility index (Phi) is 4.81. The summed E-state index contributed by atoms with van der Waals surface area (Å²) in [4.78, 5) is 13.1. The van der Waals surface area contributed by atoms with Crippen molar-refractivity contribution >= 4 is 39.3 Å². The van der Waals surface area contributed by atoms with E-state index in [0.717, 1.165) is 36.1 Å². The van der Waals surface area contributed by atoms with Crippen molar-refractivity contribution < 1.29 is 14.0 Å². The molecule has 3 N–H and O–H groups in total. The number of hydrogen-bond donors (Lipinski definition) is 2. The van der Waals surface area contributed by atoms with Gasteiger partial charge < -0.3 is 20.3 Å². The van der Waals surface area contributed by atoms with Gasteiger partial charge in [-0.3, -0.25) is 4.90 Å². The number of anilines is 2. The summed E-state index contributed by atoms with van der Waals surface area (Å²) in [6.45, 7) is 5.97. The maximum atomic E-state index is 14.7. The minimum atomic E-state index is -0.298. The third-order valence-electron chi connectivity index (χ3n) is 6.34. The number of nitrogens with two attached hydrogens (primary N) is 1. The minimum absolute atomic E-state index is 0.187. The molecule has 1 aromatic carbocycles. The third kappa shape index (κ3) is 3.31. The molecule has 0 amide bonds. The first-order chi connectivity index (χ1) is 16.5. The highest BCUT2D eigenvalue weighted by Crippen LogP contribution is 2.28. The van der Waals surface area contributed by atoms with E-state index < -0.39 is 0 Å². The van der Waals surface area contributed by atoms with Gasteiger partial charge in [-0.05, 0) is 13.0 Å². The van der Waals surface area contributed by atoms with E-state index in [4.69, 9.17) is 10.3 Å². The van der Waals surface area contributed by atoms with Crippen LogP contribution in [0.4, 0.5) is 16.0 Å². The number of hydrogen-bond acceptors (Lipinski definition) is 10. The fourth-order valence-corrected chi connectivity index (χ4v) is 4.49. The summed E-state index contributed by atoms with van der Waals surface area (Å²) in [5.41, 5.74) is 9.00. The molecular weight excluding hydrogens is 443 g/mol. The van der Waals surface area contributed by atoms with Crippen LogP contribution in [0.2, 0.25) is 0 Å². The van der Waals surface area contributed by atoms with E-state index in [9.17, 15) is 9.50 Å². The summed E-state index contributed by atoms with van der Waals surface area (Å²) in [6.07, 6.45) is 1.69. The van der Waals surface area contributed by atoms with E-state index in [1.165, 1.54) is 10.6 Å². The number of aryl methyl sites for hydroxylation is 1. The van der Waals surface area contributed by atoms with E-state index in [1.54, 1.807) is 10.9 Å². The zero-order valence-corrected chi connectivity index (χ0v) is 18.5. The van der Waals surface area contributed by atoms with Crippen LogP contribution < -0.4 is 10.6 Å². The second-order valence-corrected chi connectivity index (χ2v) is 8.39. The van der Waals surface area contributed by atoms with Crippen molar-refractivity contribution in [1.82, 2.24) is 39.4 Å². The predicted octanol–water partition coefficient (Wildman–Crippen LogP) is 0.959. The van der Waals surface area contributed by atoms with Crippen LogP contribution in [0.15, 0.2) is 22.9 Å². The average Bonchev–Trinajstić information content (AvgIpc) is 3.55. The fraction of sp³-hybridized carbons (Fsp3) is 0.381. The number of benzene rings is 1. The van der Waals surface area contributed by atoms with Gasteiger partial charge in [-0.2, -0.15) is 14.6 Å². The van der Waals surface area contributed by atoms with Crippen LogP contribution in [0.1, 0.15) is 11.5 Å². The number of aromatic nitrogens is 7. The number of aliphatic hydroxyl groups excluding tert-OH is 1. The zero-order chi connectivity index (χ0) is 23.4. The summed E-state index contributed by atoms with van der Waals surface area (Å²) >= 11 is 0. The molecule has 5 heterocycles. The van der Waals surface area contributed by atoms with E-state index >= 15 is 0 Å². The molecule has 0 bridgehead atoms. The molecule has 1 saturated heterocycles. The largest absolute Gasteiger partial charge is 0.388 e. The van der Waals surface area contributed by atoms with Gasteiger partial charge in [0.15, 0.2) is 22.7 Å². The second kappa shape index (κ2) is 7.88. The van der Waals surface area contributed by atoms with Gasteiger partial charge in [-0.1, -0.05) is 5.16 Å².